The zero-order valence-corrected chi connectivity index (χ0v) is 26.2. The largest absolute Gasteiger partial charge is 0.507 e. The lowest BCUT2D eigenvalue weighted by molar-refractivity contribution is 0.105. The van der Waals surface area contributed by atoms with Gasteiger partial charge in [0.1, 0.15) is 5.75 Å². The third kappa shape index (κ3) is 6.66. The second kappa shape index (κ2) is 13.6. The van der Waals surface area contributed by atoms with Crippen molar-refractivity contribution in [3.63, 3.8) is 0 Å². The summed E-state index contributed by atoms with van der Waals surface area (Å²) >= 11 is 5.99. The van der Waals surface area contributed by atoms with Gasteiger partial charge >= 0.3 is 0 Å². The molecule has 0 radical (unpaired) electrons. The smallest absolute Gasteiger partial charge is 0.129 e. The molecule has 0 bridgehead atoms. The molecule has 0 aliphatic heterocycles. The van der Waals surface area contributed by atoms with E-state index in [2.05, 4.69) is 77.6 Å². The summed E-state index contributed by atoms with van der Waals surface area (Å²) in [5.41, 5.74) is 3.80. The van der Waals surface area contributed by atoms with Crippen LogP contribution in [0, 0.1) is 6.92 Å². The van der Waals surface area contributed by atoms with Crippen LogP contribution < -0.4 is 15.4 Å². The average Bonchev–Trinajstić information content (AvgIpc) is 3.84. The first-order chi connectivity index (χ1) is 21.1. The molecule has 2 aliphatic carbocycles. The molecule has 4 atom stereocenters. The maximum Gasteiger partial charge on any atom is 0.129 e. The summed E-state index contributed by atoms with van der Waals surface area (Å²) in [5, 5.41) is 13.8. The van der Waals surface area contributed by atoms with E-state index in [4.69, 9.17) is 26.3 Å². The van der Waals surface area contributed by atoms with Gasteiger partial charge in [-0.2, -0.15) is 0 Å². The number of halogens is 1. The van der Waals surface area contributed by atoms with E-state index in [0.717, 1.165) is 54.5 Å². The van der Waals surface area contributed by atoms with Crippen molar-refractivity contribution >= 4 is 41.3 Å². The molecule has 5 nitrogen and oxygen atoms in total. The van der Waals surface area contributed by atoms with Gasteiger partial charge in [-0.15, -0.1) is 0 Å². The number of ether oxygens (including phenoxy) is 1. The standard InChI is InChI=1S/C36H39ClN3O2P/c1-26-21-27(24-38-32-19-11-12-20-33(32)39-37)36(41)28(22-26)25-42-34-23-35(34)43(30-15-7-3-8-16-30,31-17-9-4-10-18-31)40-29-13-5-2-6-14-29/h2-10,13-18,21-22,24,32-35,39,41H,11-12,19-20,23,25H2,1H3/b38-24+. The number of rotatable bonds is 10. The number of nitrogens with zero attached hydrogens (tertiary/aromatic N) is 2. The van der Waals surface area contributed by atoms with Crippen molar-refractivity contribution in [1.29, 1.82) is 0 Å². The fourth-order valence-electron chi connectivity index (χ4n) is 6.32. The summed E-state index contributed by atoms with van der Waals surface area (Å²) in [4.78, 5) is 7.72. The maximum atomic E-state index is 11.3. The number of hydrogen-bond acceptors (Lipinski definition) is 5. The van der Waals surface area contributed by atoms with Crippen LogP contribution in [0.4, 0.5) is 5.69 Å². The molecule has 2 aliphatic rings. The van der Waals surface area contributed by atoms with Gasteiger partial charge in [0.15, 0.2) is 0 Å². The Balaban J connectivity index is 1.28. The molecule has 4 aromatic carbocycles. The lowest BCUT2D eigenvalue weighted by atomic mass is 9.91. The Hall–Kier alpha value is -3.21. The Labute approximate surface area is 260 Å². The zero-order valence-electron chi connectivity index (χ0n) is 24.5. The highest BCUT2D eigenvalue weighted by Crippen LogP contribution is 2.64. The number of aryl methyl sites for hydroxylation is 1. The Morgan fingerprint density at radius 3 is 2.19 bits per heavy atom. The Morgan fingerprint density at radius 2 is 1.53 bits per heavy atom. The van der Waals surface area contributed by atoms with Crippen molar-refractivity contribution in [2.45, 2.75) is 69.5 Å². The van der Waals surface area contributed by atoms with Gasteiger partial charge in [-0.1, -0.05) is 97.8 Å². The van der Waals surface area contributed by atoms with Crippen LogP contribution in [0.3, 0.4) is 0 Å². The maximum absolute atomic E-state index is 11.3. The van der Waals surface area contributed by atoms with Crippen LogP contribution in [0.2, 0.25) is 0 Å². The number of phenolic OH excluding ortho intramolecular Hbond substituents is 1. The van der Waals surface area contributed by atoms with Gasteiger partial charge in [-0.05, 0) is 72.3 Å². The van der Waals surface area contributed by atoms with E-state index in [-0.39, 0.29) is 29.6 Å². The highest BCUT2D eigenvalue weighted by Gasteiger charge is 2.51. The summed E-state index contributed by atoms with van der Waals surface area (Å²) in [6.07, 6.45) is 7.08. The van der Waals surface area contributed by atoms with E-state index in [1.807, 2.05) is 43.5 Å². The summed E-state index contributed by atoms with van der Waals surface area (Å²) in [7, 11) is -2.23. The van der Waals surface area contributed by atoms with Gasteiger partial charge in [0.05, 0.1) is 24.4 Å². The molecule has 2 saturated carbocycles. The van der Waals surface area contributed by atoms with Crippen molar-refractivity contribution in [3.05, 3.63) is 120 Å². The van der Waals surface area contributed by atoms with Gasteiger partial charge in [-0.3, -0.25) is 9.74 Å². The molecule has 4 aromatic rings. The van der Waals surface area contributed by atoms with E-state index in [1.54, 1.807) is 0 Å². The molecule has 6 rings (SSSR count). The predicted molar refractivity (Wildman–Crippen MR) is 180 cm³/mol. The number of nitrogens with one attached hydrogen (secondary N) is 1. The van der Waals surface area contributed by atoms with Crippen molar-refractivity contribution in [2.75, 3.05) is 0 Å². The van der Waals surface area contributed by atoms with Crippen LogP contribution in [-0.2, 0) is 11.3 Å². The fourth-order valence-corrected chi connectivity index (χ4v) is 10.9. The lowest BCUT2D eigenvalue weighted by Crippen LogP contribution is -2.36. The minimum Gasteiger partial charge on any atom is -0.507 e. The second-order valence-corrected chi connectivity index (χ2v) is 15.1. The summed E-state index contributed by atoms with van der Waals surface area (Å²) in [6, 6.07) is 36.0. The van der Waals surface area contributed by atoms with Crippen LogP contribution in [0.25, 0.3) is 0 Å². The van der Waals surface area contributed by atoms with Gasteiger partial charge < -0.3 is 9.84 Å². The van der Waals surface area contributed by atoms with Gasteiger partial charge in [0.25, 0.3) is 0 Å². The second-order valence-electron chi connectivity index (χ2n) is 11.7. The van der Waals surface area contributed by atoms with Crippen LogP contribution in [0.15, 0.2) is 113 Å². The van der Waals surface area contributed by atoms with Crippen LogP contribution >= 0.6 is 18.8 Å². The molecular weight excluding hydrogens is 573 g/mol. The van der Waals surface area contributed by atoms with E-state index in [1.165, 1.54) is 10.6 Å². The first-order valence-corrected chi connectivity index (χ1v) is 17.4. The van der Waals surface area contributed by atoms with Crippen LogP contribution in [-0.4, -0.2) is 35.2 Å². The van der Waals surface area contributed by atoms with Gasteiger partial charge in [-0.25, -0.2) is 4.84 Å². The predicted octanol–water partition coefficient (Wildman–Crippen LogP) is 8.02. The number of aliphatic imine (C=N–C) groups is 1. The molecule has 2 fully saturated rings. The first kappa shape index (κ1) is 29.8. The topological polar surface area (TPSA) is 66.2 Å². The molecule has 0 spiro atoms. The number of phenols is 1. The van der Waals surface area contributed by atoms with E-state index < -0.39 is 7.05 Å². The lowest BCUT2D eigenvalue weighted by Gasteiger charge is -2.27. The average molecular weight is 612 g/mol. The fraction of sp³-hybridized carbons (Fsp3) is 0.306. The first-order valence-electron chi connectivity index (χ1n) is 15.2. The Kier molecular flexibility index (Phi) is 9.45. The van der Waals surface area contributed by atoms with Crippen molar-refractivity contribution < 1.29 is 9.84 Å². The third-order valence-corrected chi connectivity index (χ3v) is 13.1. The van der Waals surface area contributed by atoms with Crippen LogP contribution in [0.1, 0.15) is 48.8 Å². The van der Waals surface area contributed by atoms with E-state index in [9.17, 15) is 5.11 Å². The Morgan fingerprint density at radius 1 is 0.907 bits per heavy atom. The third-order valence-electron chi connectivity index (χ3n) is 8.60. The molecule has 43 heavy (non-hydrogen) atoms. The molecule has 0 heterocycles. The number of aromatic hydroxyl groups is 1. The minimum atomic E-state index is -2.23. The summed E-state index contributed by atoms with van der Waals surface area (Å²) in [5.74, 6) is 0.235. The zero-order chi connectivity index (χ0) is 29.6. The van der Waals surface area contributed by atoms with Crippen molar-refractivity contribution in [3.8, 4) is 5.75 Å². The molecule has 0 saturated heterocycles. The molecule has 2 N–H and O–H groups in total. The quantitative estimate of drug-likeness (QED) is 0.108. The monoisotopic (exact) mass is 611 g/mol. The summed E-state index contributed by atoms with van der Waals surface area (Å²) < 4.78 is 12.2. The number of hydrogen-bond donors (Lipinski definition) is 2. The number of benzene rings is 4. The van der Waals surface area contributed by atoms with E-state index in [0.29, 0.717) is 6.61 Å². The minimum absolute atomic E-state index is 0.0380. The molecule has 0 amide bonds. The molecular formula is C36H39ClN3O2P. The highest BCUT2D eigenvalue weighted by atomic mass is 35.5. The molecule has 4 unspecified atom stereocenters. The van der Waals surface area contributed by atoms with Crippen molar-refractivity contribution in [1.82, 2.24) is 4.84 Å². The molecule has 222 valence electrons. The highest BCUT2D eigenvalue weighted by molar-refractivity contribution is 7.82. The van der Waals surface area contributed by atoms with E-state index >= 15 is 0 Å². The summed E-state index contributed by atoms with van der Waals surface area (Å²) in [6.45, 7) is 2.38. The van der Waals surface area contributed by atoms with Crippen LogP contribution in [0.5, 0.6) is 5.75 Å². The van der Waals surface area contributed by atoms with Gasteiger partial charge in [0, 0.05) is 36.1 Å². The Bertz CT molecular complexity index is 1550. The molecule has 0 aromatic heterocycles. The normalized spacial score (nSPS) is 22.0. The molecule has 7 heteroatoms. The van der Waals surface area contributed by atoms with Gasteiger partial charge in [0.2, 0.25) is 0 Å². The SMILES string of the molecule is Cc1cc(/C=N/C2CCCCC2NCl)c(O)c(COC2CC2P(=Nc2ccccc2)(c2ccccc2)c2ccccc2)c1. The van der Waals surface area contributed by atoms with Crippen molar-refractivity contribution in [2.24, 2.45) is 9.74 Å².